The molecule has 1 aromatic carbocycles. The van der Waals surface area contributed by atoms with E-state index in [1.165, 1.54) is 4.90 Å². The van der Waals surface area contributed by atoms with Crippen LogP contribution in [0.2, 0.25) is 0 Å². The van der Waals surface area contributed by atoms with Gasteiger partial charge in [-0.1, -0.05) is 12.1 Å². The number of ether oxygens (including phenoxy) is 3. The minimum atomic E-state index is -0.507. The van der Waals surface area contributed by atoms with Gasteiger partial charge in [0.15, 0.2) is 5.96 Å². The van der Waals surface area contributed by atoms with Crippen molar-refractivity contribution in [1.29, 1.82) is 0 Å². The summed E-state index contributed by atoms with van der Waals surface area (Å²) in [6.45, 7) is 12.9. The SMILES string of the molecule is CCOCCOc1cc(C)ccc1CNC(=NC)NCCN(C)C(=O)OC(C)(C)C.I. The first-order valence-electron chi connectivity index (χ1n) is 10.3. The average molecular weight is 550 g/mol. The average Bonchev–Trinajstić information content (AvgIpc) is 2.67. The normalized spacial score (nSPS) is 11.4. The van der Waals surface area contributed by atoms with Gasteiger partial charge in [0.05, 0.1) is 6.61 Å². The molecule has 0 aliphatic carbocycles. The zero-order valence-electron chi connectivity index (χ0n) is 19.9. The van der Waals surface area contributed by atoms with Crippen molar-refractivity contribution >= 4 is 36.0 Å². The van der Waals surface area contributed by atoms with Crippen LogP contribution in [-0.2, 0) is 16.0 Å². The van der Waals surface area contributed by atoms with Crippen LogP contribution in [0.25, 0.3) is 0 Å². The smallest absolute Gasteiger partial charge is 0.410 e. The number of guanidine groups is 1. The monoisotopic (exact) mass is 550 g/mol. The third kappa shape index (κ3) is 12.6. The number of nitrogens with one attached hydrogen (secondary N) is 2. The fourth-order valence-electron chi connectivity index (χ4n) is 2.47. The van der Waals surface area contributed by atoms with Gasteiger partial charge in [0, 0.05) is 45.9 Å². The molecule has 31 heavy (non-hydrogen) atoms. The van der Waals surface area contributed by atoms with Gasteiger partial charge in [-0.3, -0.25) is 4.99 Å². The van der Waals surface area contributed by atoms with Gasteiger partial charge >= 0.3 is 6.09 Å². The van der Waals surface area contributed by atoms with E-state index in [2.05, 4.69) is 21.7 Å². The standard InChI is InChI=1S/C22H38N4O4.HI/c1-8-28-13-14-29-19-15-17(2)9-10-18(19)16-25-20(23-6)24-11-12-26(7)21(27)30-22(3,4)5;/h9-10,15H,8,11-14,16H2,1-7H3,(H2,23,24,25);1H. The summed E-state index contributed by atoms with van der Waals surface area (Å²) in [5.74, 6) is 1.48. The van der Waals surface area contributed by atoms with E-state index in [4.69, 9.17) is 14.2 Å². The van der Waals surface area contributed by atoms with E-state index in [-0.39, 0.29) is 30.1 Å². The zero-order valence-corrected chi connectivity index (χ0v) is 22.2. The van der Waals surface area contributed by atoms with E-state index in [9.17, 15) is 4.79 Å². The van der Waals surface area contributed by atoms with Gasteiger partial charge in [0.2, 0.25) is 0 Å². The van der Waals surface area contributed by atoms with Crippen LogP contribution in [0.4, 0.5) is 4.79 Å². The summed E-state index contributed by atoms with van der Waals surface area (Å²) in [6.07, 6.45) is -0.347. The minimum absolute atomic E-state index is 0. The Kier molecular flexibility index (Phi) is 14.3. The molecule has 2 N–H and O–H groups in total. The molecular formula is C22H39IN4O4. The fraction of sp³-hybridized carbons (Fsp3) is 0.636. The van der Waals surface area contributed by atoms with Crippen molar-refractivity contribution in [2.24, 2.45) is 4.99 Å². The molecule has 0 saturated carbocycles. The summed E-state index contributed by atoms with van der Waals surface area (Å²) >= 11 is 0. The van der Waals surface area contributed by atoms with E-state index >= 15 is 0 Å². The van der Waals surface area contributed by atoms with E-state index in [0.29, 0.717) is 45.4 Å². The number of aliphatic imine (C=N–C) groups is 1. The summed E-state index contributed by atoms with van der Waals surface area (Å²) in [4.78, 5) is 17.8. The highest BCUT2D eigenvalue weighted by Gasteiger charge is 2.19. The number of halogens is 1. The van der Waals surface area contributed by atoms with Gasteiger partial charge in [-0.05, 0) is 46.2 Å². The molecule has 178 valence electrons. The Bertz CT molecular complexity index is 693. The maximum atomic E-state index is 12.0. The molecule has 0 aliphatic rings. The second-order valence-corrected chi connectivity index (χ2v) is 7.91. The van der Waals surface area contributed by atoms with E-state index in [0.717, 1.165) is 16.9 Å². The van der Waals surface area contributed by atoms with Crippen LogP contribution in [0.5, 0.6) is 5.75 Å². The van der Waals surface area contributed by atoms with Crippen LogP contribution in [0.1, 0.15) is 38.8 Å². The maximum absolute atomic E-state index is 12.0. The van der Waals surface area contributed by atoms with E-state index < -0.39 is 5.60 Å². The molecule has 0 heterocycles. The van der Waals surface area contributed by atoms with Crippen molar-refractivity contribution in [3.8, 4) is 5.75 Å². The number of carbonyl (C=O) groups is 1. The van der Waals surface area contributed by atoms with Crippen LogP contribution in [0.3, 0.4) is 0 Å². The largest absolute Gasteiger partial charge is 0.491 e. The lowest BCUT2D eigenvalue weighted by molar-refractivity contribution is 0.0302. The predicted octanol–water partition coefficient (Wildman–Crippen LogP) is 3.56. The summed E-state index contributed by atoms with van der Waals surface area (Å²) in [6, 6.07) is 6.12. The van der Waals surface area contributed by atoms with Gasteiger partial charge in [0.25, 0.3) is 0 Å². The summed E-state index contributed by atoms with van der Waals surface area (Å²) in [7, 11) is 3.42. The fourth-order valence-corrected chi connectivity index (χ4v) is 2.47. The Labute approximate surface area is 204 Å². The first-order chi connectivity index (χ1) is 14.2. The highest BCUT2D eigenvalue weighted by Crippen LogP contribution is 2.20. The number of nitrogens with zero attached hydrogens (tertiary/aromatic N) is 2. The van der Waals surface area contributed by atoms with Gasteiger partial charge in [-0.2, -0.15) is 0 Å². The topological polar surface area (TPSA) is 84.4 Å². The molecule has 1 rings (SSSR count). The number of benzene rings is 1. The molecule has 8 nitrogen and oxygen atoms in total. The molecule has 1 aromatic rings. The van der Waals surface area contributed by atoms with Crippen LogP contribution >= 0.6 is 24.0 Å². The Hall–Kier alpha value is -1.75. The van der Waals surface area contributed by atoms with E-state index in [1.807, 2.05) is 46.8 Å². The van der Waals surface area contributed by atoms with Crippen LogP contribution < -0.4 is 15.4 Å². The molecule has 0 unspecified atom stereocenters. The summed E-state index contributed by atoms with van der Waals surface area (Å²) in [5.41, 5.74) is 1.66. The lowest BCUT2D eigenvalue weighted by Gasteiger charge is -2.25. The predicted molar refractivity (Wildman–Crippen MR) is 136 cm³/mol. The first-order valence-corrected chi connectivity index (χ1v) is 10.3. The van der Waals surface area contributed by atoms with Crippen LogP contribution in [0, 0.1) is 6.92 Å². The molecule has 0 bridgehead atoms. The molecule has 0 aliphatic heterocycles. The first kappa shape index (κ1) is 29.2. The van der Waals surface area contributed by atoms with Crippen LogP contribution in [0.15, 0.2) is 23.2 Å². The van der Waals surface area contributed by atoms with Gasteiger partial charge in [0.1, 0.15) is 18.0 Å². The molecule has 0 atom stereocenters. The molecule has 0 aromatic heterocycles. The highest BCUT2D eigenvalue weighted by molar-refractivity contribution is 14.0. The van der Waals surface area contributed by atoms with Crippen molar-refractivity contribution in [3.05, 3.63) is 29.3 Å². The van der Waals surface area contributed by atoms with Crippen molar-refractivity contribution < 1.29 is 19.0 Å². The van der Waals surface area contributed by atoms with Crippen molar-refractivity contribution in [2.45, 2.75) is 46.8 Å². The third-order valence-corrected chi connectivity index (χ3v) is 4.03. The second kappa shape index (κ2) is 15.1. The van der Waals surface area contributed by atoms with E-state index in [1.54, 1.807) is 14.1 Å². The lowest BCUT2D eigenvalue weighted by atomic mass is 10.1. The maximum Gasteiger partial charge on any atom is 0.410 e. The number of aryl methyl sites for hydroxylation is 1. The molecular weight excluding hydrogens is 511 g/mol. The Balaban J connectivity index is 0.00000900. The second-order valence-electron chi connectivity index (χ2n) is 7.91. The van der Waals surface area contributed by atoms with Gasteiger partial charge < -0.3 is 29.7 Å². The molecule has 0 fully saturated rings. The molecule has 0 spiro atoms. The quantitative estimate of drug-likeness (QED) is 0.201. The van der Waals surface area contributed by atoms with Gasteiger partial charge in [-0.15, -0.1) is 24.0 Å². The van der Waals surface area contributed by atoms with Crippen molar-refractivity contribution in [2.75, 3.05) is 47.0 Å². The molecule has 0 saturated heterocycles. The number of hydrogen-bond acceptors (Lipinski definition) is 5. The molecule has 0 radical (unpaired) electrons. The summed E-state index contributed by atoms with van der Waals surface area (Å²) < 4.78 is 16.6. The number of hydrogen-bond donors (Lipinski definition) is 2. The minimum Gasteiger partial charge on any atom is -0.491 e. The number of rotatable bonds is 10. The highest BCUT2D eigenvalue weighted by atomic mass is 127. The Morgan fingerprint density at radius 1 is 1.19 bits per heavy atom. The zero-order chi connectivity index (χ0) is 22.6. The number of carbonyl (C=O) groups excluding carboxylic acids is 1. The Morgan fingerprint density at radius 2 is 1.90 bits per heavy atom. The Morgan fingerprint density at radius 3 is 2.52 bits per heavy atom. The van der Waals surface area contributed by atoms with Crippen LogP contribution in [-0.4, -0.2) is 69.6 Å². The third-order valence-electron chi connectivity index (χ3n) is 4.03. The van der Waals surface area contributed by atoms with Crippen molar-refractivity contribution in [1.82, 2.24) is 15.5 Å². The van der Waals surface area contributed by atoms with Gasteiger partial charge in [-0.25, -0.2) is 4.79 Å². The molecule has 1 amide bonds. The number of amides is 1. The lowest BCUT2D eigenvalue weighted by Crippen LogP contribution is -2.42. The van der Waals surface area contributed by atoms with Crippen molar-refractivity contribution in [3.63, 3.8) is 0 Å². The molecule has 9 heteroatoms. The number of likely N-dealkylation sites (N-methyl/N-ethyl adjacent to an activating group) is 1. The summed E-state index contributed by atoms with van der Waals surface area (Å²) in [5, 5.41) is 6.49.